The van der Waals surface area contributed by atoms with Crippen LogP contribution < -0.4 is 21.3 Å². The summed E-state index contributed by atoms with van der Waals surface area (Å²) in [6.07, 6.45) is 1.57. The van der Waals surface area contributed by atoms with E-state index in [-0.39, 0.29) is 0 Å². The highest BCUT2D eigenvalue weighted by atomic mass is 31.2. The van der Waals surface area contributed by atoms with Gasteiger partial charge in [0.25, 0.3) is 7.37 Å². The molecular formula is C30H31N2O2P. The van der Waals surface area contributed by atoms with E-state index in [1.165, 1.54) is 0 Å². The third-order valence-corrected chi connectivity index (χ3v) is 10.5. The summed E-state index contributed by atoms with van der Waals surface area (Å²) in [6.45, 7) is 6.23. The summed E-state index contributed by atoms with van der Waals surface area (Å²) >= 11 is 0. The molecule has 0 amide bonds. The number of aryl methyl sites for hydroxylation is 2. The summed E-state index contributed by atoms with van der Waals surface area (Å²) in [5.41, 5.74) is 19.9. The molecular weight excluding hydrogens is 451 g/mol. The predicted molar refractivity (Wildman–Crippen MR) is 147 cm³/mol. The molecule has 5 rings (SSSR count). The Hall–Kier alpha value is -3.49. The fraction of sp³-hybridized carbons (Fsp3) is 0.200. The van der Waals surface area contributed by atoms with E-state index in [9.17, 15) is 0 Å². The second-order valence-corrected chi connectivity index (χ2v) is 11.9. The van der Waals surface area contributed by atoms with Gasteiger partial charge in [0.1, 0.15) is 10.9 Å². The van der Waals surface area contributed by atoms with Gasteiger partial charge in [-0.25, -0.2) is 0 Å². The van der Waals surface area contributed by atoms with E-state index in [1.54, 1.807) is 0 Å². The van der Waals surface area contributed by atoms with E-state index >= 15 is 4.57 Å². The van der Waals surface area contributed by atoms with Crippen LogP contribution in [0.15, 0.2) is 84.9 Å². The molecule has 35 heavy (non-hydrogen) atoms. The van der Waals surface area contributed by atoms with Gasteiger partial charge in [-0.15, -0.1) is 0 Å². The summed E-state index contributed by atoms with van der Waals surface area (Å²) < 4.78 is 22.1. The zero-order valence-corrected chi connectivity index (χ0v) is 21.3. The first-order chi connectivity index (χ1) is 16.8. The normalized spacial score (nSPS) is 18.1. The van der Waals surface area contributed by atoms with Crippen molar-refractivity contribution in [3.05, 3.63) is 107 Å². The fourth-order valence-corrected chi connectivity index (χ4v) is 8.16. The van der Waals surface area contributed by atoms with Gasteiger partial charge in [-0.2, -0.15) is 0 Å². The van der Waals surface area contributed by atoms with Crippen molar-refractivity contribution in [3.8, 4) is 16.9 Å². The summed E-state index contributed by atoms with van der Waals surface area (Å²) in [6, 6.07) is 27.6. The molecule has 2 unspecified atom stereocenters. The molecule has 2 atom stereocenters. The van der Waals surface area contributed by atoms with Gasteiger partial charge in [-0.05, 0) is 71.8 Å². The molecule has 0 saturated heterocycles. The van der Waals surface area contributed by atoms with Gasteiger partial charge in [0.2, 0.25) is 0 Å². The molecule has 0 spiro atoms. The largest absolute Gasteiger partial charge is 0.438 e. The van der Waals surface area contributed by atoms with Crippen LogP contribution in [-0.4, -0.2) is 0 Å². The number of nitrogens with two attached hydrogens (primary N) is 2. The Labute approximate surface area is 207 Å². The van der Waals surface area contributed by atoms with Gasteiger partial charge >= 0.3 is 0 Å². The van der Waals surface area contributed by atoms with E-state index in [4.69, 9.17) is 16.0 Å². The monoisotopic (exact) mass is 482 g/mol. The Kier molecular flexibility index (Phi) is 5.73. The molecule has 0 radical (unpaired) electrons. The number of nitrogen functional groups attached to an aromatic ring is 2. The van der Waals surface area contributed by atoms with Crippen molar-refractivity contribution in [1.82, 2.24) is 0 Å². The minimum Gasteiger partial charge on any atom is -0.438 e. The molecule has 0 aromatic heterocycles. The Morgan fingerprint density at radius 3 is 1.97 bits per heavy atom. The number of anilines is 2. The van der Waals surface area contributed by atoms with E-state index in [1.807, 2.05) is 79.7 Å². The van der Waals surface area contributed by atoms with Gasteiger partial charge < -0.3 is 16.0 Å². The Bertz CT molecular complexity index is 1440. The zero-order valence-electron chi connectivity index (χ0n) is 20.4. The average molecular weight is 483 g/mol. The zero-order chi connectivity index (χ0) is 24.8. The Morgan fingerprint density at radius 1 is 0.771 bits per heavy atom. The average Bonchev–Trinajstić information content (AvgIpc) is 2.89. The summed E-state index contributed by atoms with van der Waals surface area (Å²) in [4.78, 5) is 0. The second-order valence-electron chi connectivity index (χ2n) is 9.27. The first-order valence-corrected chi connectivity index (χ1v) is 13.7. The molecule has 1 aliphatic rings. The maximum absolute atomic E-state index is 15.5. The number of benzene rings is 4. The smallest absolute Gasteiger partial charge is 0.292 e. The van der Waals surface area contributed by atoms with Crippen molar-refractivity contribution >= 4 is 24.0 Å². The fourth-order valence-electron chi connectivity index (χ4n) is 5.21. The Morgan fingerprint density at radius 2 is 1.34 bits per heavy atom. The highest BCUT2D eigenvalue weighted by Gasteiger charge is 2.53. The highest BCUT2D eigenvalue weighted by molar-refractivity contribution is 7.69. The lowest BCUT2D eigenvalue weighted by Gasteiger charge is -2.42. The highest BCUT2D eigenvalue weighted by Crippen LogP contribution is 2.69. The van der Waals surface area contributed by atoms with Gasteiger partial charge in [-0.3, -0.25) is 4.57 Å². The second kappa shape index (κ2) is 8.62. The minimum absolute atomic E-state index is 0.637. The van der Waals surface area contributed by atoms with Crippen LogP contribution in [0.4, 0.5) is 11.4 Å². The SMILES string of the molecule is CCc1cc(C(C)(c2ccc(N)cc2)P2(=O)Oc3ccccc3-c3ccccc32)cc(CC)c1N. The van der Waals surface area contributed by atoms with Gasteiger partial charge in [0.05, 0.1) is 5.30 Å². The van der Waals surface area contributed by atoms with Crippen LogP contribution in [0.3, 0.4) is 0 Å². The summed E-state index contributed by atoms with van der Waals surface area (Å²) in [5.74, 6) is 0.637. The van der Waals surface area contributed by atoms with Crippen molar-refractivity contribution in [3.63, 3.8) is 0 Å². The van der Waals surface area contributed by atoms with Crippen molar-refractivity contribution < 1.29 is 9.09 Å². The Balaban J connectivity index is 1.87. The lowest BCUT2D eigenvalue weighted by Crippen LogP contribution is -2.34. The molecule has 0 aliphatic carbocycles. The number of fused-ring (bicyclic) bond motifs is 3. The maximum Gasteiger partial charge on any atom is 0.292 e. The molecule has 4 N–H and O–H groups in total. The van der Waals surface area contributed by atoms with Crippen molar-refractivity contribution in [2.45, 2.75) is 38.8 Å². The maximum atomic E-state index is 15.5. The van der Waals surface area contributed by atoms with Gasteiger partial charge in [-0.1, -0.05) is 74.5 Å². The van der Waals surface area contributed by atoms with E-state index in [2.05, 4.69) is 26.0 Å². The van der Waals surface area contributed by atoms with E-state index in [0.717, 1.165) is 57.2 Å². The van der Waals surface area contributed by atoms with Crippen molar-refractivity contribution in [2.75, 3.05) is 11.5 Å². The van der Waals surface area contributed by atoms with Crippen molar-refractivity contribution in [1.29, 1.82) is 0 Å². The van der Waals surface area contributed by atoms with Crippen LogP contribution >= 0.6 is 7.37 Å². The molecule has 1 heterocycles. The molecule has 0 fully saturated rings. The molecule has 1 aliphatic heterocycles. The molecule has 178 valence electrons. The van der Waals surface area contributed by atoms with Gasteiger partial charge in [0, 0.05) is 16.9 Å². The quantitative estimate of drug-likeness (QED) is 0.239. The van der Waals surface area contributed by atoms with Crippen LogP contribution in [0.1, 0.15) is 43.0 Å². The lowest BCUT2D eigenvalue weighted by atomic mass is 9.87. The summed E-state index contributed by atoms with van der Waals surface area (Å²) in [7, 11) is -3.57. The number of rotatable bonds is 5. The predicted octanol–water partition coefficient (Wildman–Crippen LogP) is 6.90. The minimum atomic E-state index is -3.57. The van der Waals surface area contributed by atoms with Crippen LogP contribution in [0.5, 0.6) is 5.75 Å². The summed E-state index contributed by atoms with van der Waals surface area (Å²) in [5, 5.41) is -0.253. The third-order valence-electron chi connectivity index (χ3n) is 7.36. The number of hydrogen-bond donors (Lipinski definition) is 2. The van der Waals surface area contributed by atoms with E-state index in [0.29, 0.717) is 11.4 Å². The van der Waals surface area contributed by atoms with Crippen LogP contribution in [0.25, 0.3) is 11.1 Å². The number of para-hydroxylation sites is 1. The van der Waals surface area contributed by atoms with E-state index < -0.39 is 12.5 Å². The lowest BCUT2D eigenvalue weighted by molar-refractivity contribution is 0.463. The van der Waals surface area contributed by atoms with Crippen LogP contribution in [-0.2, 0) is 22.6 Å². The standard InChI is InChI=1S/C30H31N2O2P/c1-4-20-18-23(19-21(5-2)29(20)32)30(3,22-14-16-24(31)17-15-22)35(33)28-13-9-7-11-26(28)25-10-6-8-12-27(25)34-35/h6-19H,4-5,31-32H2,1-3H3. The molecule has 5 heteroatoms. The molecule has 0 bridgehead atoms. The first kappa shape index (κ1) is 23.3. The molecule has 4 nitrogen and oxygen atoms in total. The van der Waals surface area contributed by atoms with Crippen LogP contribution in [0.2, 0.25) is 0 Å². The van der Waals surface area contributed by atoms with Gasteiger partial charge in [0.15, 0.2) is 0 Å². The third kappa shape index (κ3) is 3.47. The van der Waals surface area contributed by atoms with Crippen LogP contribution in [0, 0.1) is 0 Å². The number of hydrogen-bond acceptors (Lipinski definition) is 4. The molecule has 4 aromatic rings. The van der Waals surface area contributed by atoms with Crippen molar-refractivity contribution in [2.24, 2.45) is 0 Å². The molecule has 4 aromatic carbocycles. The first-order valence-electron chi connectivity index (χ1n) is 12.1. The topological polar surface area (TPSA) is 78.3 Å². The molecule has 0 saturated carbocycles.